The summed E-state index contributed by atoms with van der Waals surface area (Å²) < 4.78 is 2.33. The second-order valence-corrected chi connectivity index (χ2v) is 7.08. The van der Waals surface area contributed by atoms with Crippen molar-refractivity contribution in [3.05, 3.63) is 24.3 Å². The molecule has 7 heteroatoms. The SMILES string of the molecule is CN1CCC[C@@H]1CN(CCCNC(=O)O)Sc1ccc(N)cc1. The molecule has 1 aliphatic rings. The molecule has 1 amide bonds. The largest absolute Gasteiger partial charge is 0.465 e. The lowest BCUT2D eigenvalue weighted by atomic mass is 10.2. The van der Waals surface area contributed by atoms with Crippen LogP contribution in [0.3, 0.4) is 0 Å². The van der Waals surface area contributed by atoms with Gasteiger partial charge in [-0.15, -0.1) is 0 Å². The van der Waals surface area contributed by atoms with Gasteiger partial charge >= 0.3 is 6.09 Å². The summed E-state index contributed by atoms with van der Waals surface area (Å²) in [7, 11) is 2.18. The number of nitrogens with two attached hydrogens (primary N) is 1. The molecule has 1 atom stereocenters. The molecule has 0 radical (unpaired) electrons. The molecule has 0 saturated carbocycles. The summed E-state index contributed by atoms with van der Waals surface area (Å²) in [5, 5.41) is 11.1. The summed E-state index contributed by atoms with van der Waals surface area (Å²) in [6.07, 6.45) is 2.31. The fraction of sp³-hybridized carbons (Fsp3) is 0.562. The van der Waals surface area contributed by atoms with E-state index in [1.807, 2.05) is 24.3 Å². The molecular formula is C16H26N4O2S. The van der Waals surface area contributed by atoms with Gasteiger partial charge in [-0.25, -0.2) is 9.10 Å². The van der Waals surface area contributed by atoms with Crippen LogP contribution in [-0.2, 0) is 0 Å². The van der Waals surface area contributed by atoms with E-state index in [0.29, 0.717) is 12.6 Å². The van der Waals surface area contributed by atoms with Gasteiger partial charge in [0.15, 0.2) is 0 Å². The average molecular weight is 338 g/mol. The molecule has 1 aromatic rings. The van der Waals surface area contributed by atoms with E-state index in [9.17, 15) is 4.79 Å². The van der Waals surface area contributed by atoms with E-state index in [1.54, 1.807) is 11.9 Å². The Labute approximate surface area is 142 Å². The number of nitrogens with one attached hydrogen (secondary N) is 1. The Morgan fingerprint density at radius 1 is 1.48 bits per heavy atom. The van der Waals surface area contributed by atoms with Crippen molar-refractivity contribution in [2.75, 3.05) is 39.0 Å². The van der Waals surface area contributed by atoms with E-state index in [-0.39, 0.29) is 0 Å². The quantitative estimate of drug-likeness (QED) is 0.383. The zero-order valence-electron chi connectivity index (χ0n) is 13.6. The second kappa shape index (κ2) is 9.00. The maximum atomic E-state index is 10.5. The van der Waals surface area contributed by atoms with Crippen LogP contribution in [0.15, 0.2) is 29.2 Å². The maximum absolute atomic E-state index is 10.5. The maximum Gasteiger partial charge on any atom is 0.404 e. The Kier molecular flexibility index (Phi) is 7.01. The van der Waals surface area contributed by atoms with Crippen LogP contribution in [-0.4, -0.2) is 59.7 Å². The number of amides is 1. The van der Waals surface area contributed by atoms with Crippen LogP contribution in [0, 0.1) is 0 Å². The molecule has 0 bridgehead atoms. The fourth-order valence-corrected chi connectivity index (χ4v) is 3.77. The first kappa shape index (κ1) is 17.9. The van der Waals surface area contributed by atoms with Gasteiger partial charge in [-0.05, 0) is 69.1 Å². The monoisotopic (exact) mass is 338 g/mol. The highest BCUT2D eigenvalue weighted by molar-refractivity contribution is 7.97. The first-order valence-corrected chi connectivity index (χ1v) is 8.77. The number of likely N-dealkylation sites (tertiary alicyclic amines) is 1. The van der Waals surface area contributed by atoms with Crippen LogP contribution >= 0.6 is 11.9 Å². The highest BCUT2D eigenvalue weighted by Crippen LogP contribution is 2.26. The van der Waals surface area contributed by atoms with Gasteiger partial charge in [0.2, 0.25) is 0 Å². The minimum atomic E-state index is -0.960. The lowest BCUT2D eigenvalue weighted by molar-refractivity contribution is 0.194. The van der Waals surface area contributed by atoms with Gasteiger partial charge in [0, 0.05) is 36.3 Å². The third-order valence-corrected chi connectivity index (χ3v) is 5.13. The van der Waals surface area contributed by atoms with E-state index < -0.39 is 6.09 Å². The van der Waals surface area contributed by atoms with Crippen molar-refractivity contribution in [2.45, 2.75) is 30.2 Å². The van der Waals surface area contributed by atoms with Crippen LogP contribution in [0.5, 0.6) is 0 Å². The van der Waals surface area contributed by atoms with Crippen molar-refractivity contribution in [2.24, 2.45) is 0 Å². The molecule has 1 aliphatic heterocycles. The molecular weight excluding hydrogens is 312 g/mol. The number of hydrogen-bond donors (Lipinski definition) is 3. The molecule has 128 valence electrons. The Morgan fingerprint density at radius 2 is 2.22 bits per heavy atom. The van der Waals surface area contributed by atoms with Gasteiger partial charge in [-0.3, -0.25) is 0 Å². The molecule has 1 aromatic carbocycles. The first-order chi connectivity index (χ1) is 11.0. The predicted octanol–water partition coefficient (Wildman–Crippen LogP) is 2.33. The number of likely N-dealkylation sites (N-methyl/N-ethyl adjacent to an activating group) is 1. The van der Waals surface area contributed by atoms with Crippen LogP contribution in [0.25, 0.3) is 0 Å². The number of carboxylic acid groups (broad SMARTS) is 1. The minimum absolute atomic E-state index is 0.481. The van der Waals surface area contributed by atoms with Gasteiger partial charge in [0.25, 0.3) is 0 Å². The van der Waals surface area contributed by atoms with Gasteiger partial charge in [0.05, 0.1) is 0 Å². The highest BCUT2D eigenvalue weighted by atomic mass is 32.2. The molecule has 0 aliphatic carbocycles. The summed E-state index contributed by atoms with van der Waals surface area (Å²) in [4.78, 5) is 14.1. The predicted molar refractivity (Wildman–Crippen MR) is 94.6 cm³/mol. The third kappa shape index (κ3) is 6.29. The normalized spacial score (nSPS) is 18.4. The van der Waals surface area contributed by atoms with Gasteiger partial charge < -0.3 is 21.1 Å². The van der Waals surface area contributed by atoms with E-state index in [4.69, 9.17) is 10.8 Å². The molecule has 4 N–H and O–H groups in total. The summed E-state index contributed by atoms with van der Waals surface area (Å²) >= 11 is 1.72. The lowest BCUT2D eigenvalue weighted by Crippen LogP contribution is -2.36. The zero-order valence-corrected chi connectivity index (χ0v) is 14.4. The molecule has 0 unspecified atom stereocenters. The van der Waals surface area contributed by atoms with Crippen molar-refractivity contribution >= 4 is 23.7 Å². The van der Waals surface area contributed by atoms with Gasteiger partial charge in [-0.2, -0.15) is 0 Å². The van der Waals surface area contributed by atoms with E-state index in [0.717, 1.165) is 36.6 Å². The summed E-state index contributed by atoms with van der Waals surface area (Å²) in [6, 6.07) is 8.45. The molecule has 1 fully saturated rings. The smallest absolute Gasteiger partial charge is 0.404 e. The van der Waals surface area contributed by atoms with Crippen molar-refractivity contribution < 1.29 is 9.90 Å². The molecule has 0 aromatic heterocycles. The molecule has 6 nitrogen and oxygen atoms in total. The van der Waals surface area contributed by atoms with Crippen LogP contribution in [0.2, 0.25) is 0 Å². The molecule has 23 heavy (non-hydrogen) atoms. The third-order valence-electron chi connectivity index (χ3n) is 4.06. The van der Waals surface area contributed by atoms with Crippen LogP contribution < -0.4 is 11.1 Å². The number of rotatable bonds is 8. The van der Waals surface area contributed by atoms with E-state index in [1.165, 1.54) is 12.8 Å². The summed E-state index contributed by atoms with van der Waals surface area (Å²) in [6.45, 7) is 3.47. The van der Waals surface area contributed by atoms with Crippen molar-refractivity contribution in [1.82, 2.24) is 14.5 Å². The van der Waals surface area contributed by atoms with Crippen LogP contribution in [0.1, 0.15) is 19.3 Å². The number of hydrogen-bond acceptors (Lipinski definition) is 5. The molecule has 1 heterocycles. The molecule has 1 saturated heterocycles. The molecule has 0 spiro atoms. The van der Waals surface area contributed by atoms with E-state index in [2.05, 4.69) is 21.6 Å². The Morgan fingerprint density at radius 3 is 2.83 bits per heavy atom. The standard InChI is InChI=1S/C16H26N4O2S/c1-19-10-2-4-14(19)12-20(11-3-9-18-16(21)22)23-15-7-5-13(17)6-8-15/h5-8,14,18H,2-4,9-12,17H2,1H3,(H,21,22)/t14-/m1/s1. The lowest BCUT2D eigenvalue weighted by Gasteiger charge is -2.28. The second-order valence-electron chi connectivity index (χ2n) is 5.91. The number of nitrogen functional groups attached to an aromatic ring is 1. The Hall–Kier alpha value is -1.44. The van der Waals surface area contributed by atoms with Crippen molar-refractivity contribution in [1.29, 1.82) is 0 Å². The number of nitrogens with zero attached hydrogens (tertiary/aromatic N) is 2. The number of anilines is 1. The Balaban J connectivity index is 1.89. The van der Waals surface area contributed by atoms with Crippen molar-refractivity contribution in [3.63, 3.8) is 0 Å². The average Bonchev–Trinajstić information content (AvgIpc) is 2.91. The summed E-state index contributed by atoms with van der Waals surface area (Å²) in [5.74, 6) is 0. The Bertz CT molecular complexity index is 497. The fourth-order valence-electron chi connectivity index (χ4n) is 2.75. The van der Waals surface area contributed by atoms with E-state index >= 15 is 0 Å². The van der Waals surface area contributed by atoms with Gasteiger partial charge in [-0.1, -0.05) is 0 Å². The minimum Gasteiger partial charge on any atom is -0.465 e. The van der Waals surface area contributed by atoms with Crippen molar-refractivity contribution in [3.8, 4) is 0 Å². The topological polar surface area (TPSA) is 81.8 Å². The van der Waals surface area contributed by atoms with Gasteiger partial charge in [0.1, 0.15) is 0 Å². The first-order valence-electron chi connectivity index (χ1n) is 8.00. The molecule has 2 rings (SSSR count). The zero-order chi connectivity index (χ0) is 16.7. The highest BCUT2D eigenvalue weighted by Gasteiger charge is 2.23. The number of benzene rings is 1. The van der Waals surface area contributed by atoms with Crippen LogP contribution in [0.4, 0.5) is 10.5 Å². The number of carbonyl (C=O) groups is 1. The summed E-state index contributed by atoms with van der Waals surface area (Å²) in [5.41, 5.74) is 6.51.